The average molecular weight is 305 g/mol. The standard InChI is InChI=1S/C14H18F3NOS/c1-9-7-11(18(3)13(19)14(15,16)17)8-10(2)12(9)5-6-20-4/h7-8H,5-6H2,1-4H3. The number of halogens is 3. The van der Waals surface area contributed by atoms with Crippen LogP contribution in [0.25, 0.3) is 0 Å². The lowest BCUT2D eigenvalue weighted by atomic mass is 9.99. The summed E-state index contributed by atoms with van der Waals surface area (Å²) in [5.74, 6) is -0.897. The quantitative estimate of drug-likeness (QED) is 0.844. The first-order valence-electron chi connectivity index (χ1n) is 6.12. The number of benzene rings is 1. The fraction of sp³-hybridized carbons (Fsp3) is 0.500. The average Bonchev–Trinajstić information content (AvgIpc) is 2.34. The summed E-state index contributed by atoms with van der Waals surface area (Å²) < 4.78 is 37.3. The summed E-state index contributed by atoms with van der Waals surface area (Å²) in [5, 5.41) is 0. The third-order valence-corrected chi connectivity index (χ3v) is 3.78. The number of hydrogen-bond acceptors (Lipinski definition) is 2. The van der Waals surface area contributed by atoms with E-state index in [1.54, 1.807) is 23.9 Å². The largest absolute Gasteiger partial charge is 0.471 e. The molecule has 1 amide bonds. The van der Waals surface area contributed by atoms with Crippen LogP contribution < -0.4 is 4.90 Å². The van der Waals surface area contributed by atoms with Gasteiger partial charge >= 0.3 is 12.1 Å². The Morgan fingerprint density at radius 2 is 1.75 bits per heavy atom. The monoisotopic (exact) mass is 305 g/mol. The van der Waals surface area contributed by atoms with Crippen molar-refractivity contribution in [1.29, 1.82) is 0 Å². The minimum Gasteiger partial charge on any atom is -0.308 e. The second-order valence-electron chi connectivity index (χ2n) is 4.66. The van der Waals surface area contributed by atoms with Crippen LogP contribution in [0.5, 0.6) is 0 Å². The Hall–Kier alpha value is -1.17. The van der Waals surface area contributed by atoms with Crippen molar-refractivity contribution < 1.29 is 18.0 Å². The summed E-state index contributed by atoms with van der Waals surface area (Å²) in [7, 11) is 1.14. The zero-order valence-electron chi connectivity index (χ0n) is 12.0. The van der Waals surface area contributed by atoms with Crippen LogP contribution in [0.4, 0.5) is 18.9 Å². The van der Waals surface area contributed by atoms with Crippen LogP contribution in [0, 0.1) is 13.8 Å². The summed E-state index contributed by atoms with van der Waals surface area (Å²) in [4.78, 5) is 11.9. The van der Waals surface area contributed by atoms with Gasteiger partial charge in [-0.05, 0) is 61.1 Å². The second kappa shape index (κ2) is 6.52. The van der Waals surface area contributed by atoms with E-state index in [2.05, 4.69) is 0 Å². The van der Waals surface area contributed by atoms with Gasteiger partial charge in [0.15, 0.2) is 0 Å². The third-order valence-electron chi connectivity index (χ3n) is 3.17. The zero-order chi connectivity index (χ0) is 15.5. The fourth-order valence-electron chi connectivity index (χ4n) is 2.07. The van der Waals surface area contributed by atoms with E-state index in [9.17, 15) is 18.0 Å². The van der Waals surface area contributed by atoms with E-state index in [1.165, 1.54) is 0 Å². The van der Waals surface area contributed by atoms with Gasteiger partial charge in [0.2, 0.25) is 0 Å². The fourth-order valence-corrected chi connectivity index (χ4v) is 2.48. The Balaban J connectivity index is 3.07. The number of alkyl halides is 3. The van der Waals surface area contributed by atoms with E-state index in [1.807, 2.05) is 20.1 Å². The molecular weight excluding hydrogens is 287 g/mol. The maximum absolute atomic E-state index is 12.4. The minimum atomic E-state index is -4.85. The highest BCUT2D eigenvalue weighted by atomic mass is 32.2. The SMILES string of the molecule is CSCCc1c(C)cc(N(C)C(=O)C(F)(F)F)cc1C. The maximum atomic E-state index is 12.4. The van der Waals surface area contributed by atoms with Crippen molar-refractivity contribution in [1.82, 2.24) is 0 Å². The third kappa shape index (κ3) is 3.91. The molecule has 0 spiro atoms. The highest BCUT2D eigenvalue weighted by molar-refractivity contribution is 7.98. The normalized spacial score (nSPS) is 11.6. The molecule has 112 valence electrons. The molecule has 0 aliphatic carbocycles. The van der Waals surface area contributed by atoms with Crippen molar-refractivity contribution in [2.75, 3.05) is 24.0 Å². The molecule has 0 aliphatic rings. The molecule has 0 atom stereocenters. The van der Waals surface area contributed by atoms with Gasteiger partial charge in [-0.25, -0.2) is 0 Å². The first-order valence-corrected chi connectivity index (χ1v) is 7.51. The van der Waals surface area contributed by atoms with Gasteiger partial charge < -0.3 is 4.90 Å². The highest BCUT2D eigenvalue weighted by Gasteiger charge is 2.41. The van der Waals surface area contributed by atoms with Gasteiger partial charge in [0.05, 0.1) is 0 Å². The van der Waals surface area contributed by atoms with E-state index in [0.29, 0.717) is 4.90 Å². The molecule has 0 aromatic heterocycles. The van der Waals surface area contributed by atoms with Gasteiger partial charge in [-0.2, -0.15) is 24.9 Å². The lowest BCUT2D eigenvalue weighted by molar-refractivity contribution is -0.170. The topological polar surface area (TPSA) is 20.3 Å². The van der Waals surface area contributed by atoms with E-state index < -0.39 is 12.1 Å². The van der Waals surface area contributed by atoms with Gasteiger partial charge in [-0.15, -0.1) is 0 Å². The summed E-state index contributed by atoms with van der Waals surface area (Å²) >= 11 is 1.72. The number of anilines is 1. The van der Waals surface area contributed by atoms with Gasteiger partial charge in [0, 0.05) is 12.7 Å². The van der Waals surface area contributed by atoms with Gasteiger partial charge in [0.25, 0.3) is 0 Å². The van der Waals surface area contributed by atoms with Crippen molar-refractivity contribution in [3.8, 4) is 0 Å². The lowest BCUT2D eigenvalue weighted by Crippen LogP contribution is -2.38. The number of amides is 1. The smallest absolute Gasteiger partial charge is 0.308 e. The summed E-state index contributed by atoms with van der Waals surface area (Å²) in [6.45, 7) is 3.72. The summed E-state index contributed by atoms with van der Waals surface area (Å²) in [6.07, 6.45) is -1.97. The van der Waals surface area contributed by atoms with E-state index >= 15 is 0 Å². The molecule has 0 saturated carbocycles. The molecule has 1 aromatic carbocycles. The molecule has 0 radical (unpaired) electrons. The number of carbonyl (C=O) groups excluding carboxylic acids is 1. The Morgan fingerprint density at radius 1 is 1.25 bits per heavy atom. The van der Waals surface area contributed by atoms with Crippen LogP contribution in [0.2, 0.25) is 0 Å². The molecule has 0 unspecified atom stereocenters. The molecule has 0 N–H and O–H groups in total. The summed E-state index contributed by atoms with van der Waals surface area (Å²) in [6, 6.07) is 3.26. The maximum Gasteiger partial charge on any atom is 0.471 e. The van der Waals surface area contributed by atoms with Crippen molar-refractivity contribution in [3.63, 3.8) is 0 Å². The van der Waals surface area contributed by atoms with Gasteiger partial charge in [-0.3, -0.25) is 4.79 Å². The molecule has 0 fully saturated rings. The van der Waals surface area contributed by atoms with E-state index in [-0.39, 0.29) is 5.69 Å². The van der Waals surface area contributed by atoms with Crippen molar-refractivity contribution >= 4 is 23.4 Å². The van der Waals surface area contributed by atoms with Crippen LogP contribution in [-0.4, -0.2) is 31.1 Å². The minimum absolute atomic E-state index is 0.273. The van der Waals surface area contributed by atoms with Crippen LogP contribution >= 0.6 is 11.8 Å². The second-order valence-corrected chi connectivity index (χ2v) is 5.65. The van der Waals surface area contributed by atoms with Gasteiger partial charge in [-0.1, -0.05) is 0 Å². The Labute approximate surface area is 121 Å². The van der Waals surface area contributed by atoms with Crippen LogP contribution in [0.3, 0.4) is 0 Å². The molecule has 0 saturated heterocycles. The lowest BCUT2D eigenvalue weighted by Gasteiger charge is -2.21. The highest BCUT2D eigenvalue weighted by Crippen LogP contribution is 2.27. The Kier molecular flexibility index (Phi) is 5.50. The van der Waals surface area contributed by atoms with Crippen LogP contribution in [-0.2, 0) is 11.2 Å². The number of carbonyl (C=O) groups is 1. The number of rotatable bonds is 4. The van der Waals surface area contributed by atoms with Gasteiger partial charge in [0.1, 0.15) is 0 Å². The molecule has 20 heavy (non-hydrogen) atoms. The Bertz CT molecular complexity index is 477. The predicted octanol–water partition coefficient (Wildman–Crippen LogP) is 3.73. The number of aryl methyl sites for hydroxylation is 2. The molecular formula is C14H18F3NOS. The van der Waals surface area contributed by atoms with Crippen molar-refractivity contribution in [2.24, 2.45) is 0 Å². The first kappa shape index (κ1) is 16.9. The van der Waals surface area contributed by atoms with E-state index in [0.717, 1.165) is 35.9 Å². The molecule has 0 aliphatic heterocycles. The molecule has 0 bridgehead atoms. The number of nitrogens with zero attached hydrogens (tertiary/aromatic N) is 1. The molecule has 0 heterocycles. The van der Waals surface area contributed by atoms with Crippen LogP contribution in [0.15, 0.2) is 12.1 Å². The van der Waals surface area contributed by atoms with Crippen molar-refractivity contribution in [2.45, 2.75) is 26.4 Å². The predicted molar refractivity (Wildman–Crippen MR) is 77.5 cm³/mol. The van der Waals surface area contributed by atoms with Crippen LogP contribution in [0.1, 0.15) is 16.7 Å². The number of thioether (sulfide) groups is 1. The molecule has 1 rings (SSSR count). The molecule has 6 heteroatoms. The first-order chi connectivity index (χ1) is 9.18. The van der Waals surface area contributed by atoms with E-state index in [4.69, 9.17) is 0 Å². The zero-order valence-corrected chi connectivity index (χ0v) is 12.8. The Morgan fingerprint density at radius 3 is 2.15 bits per heavy atom. The van der Waals surface area contributed by atoms with Crippen molar-refractivity contribution in [3.05, 3.63) is 28.8 Å². The molecule has 2 nitrogen and oxygen atoms in total. The molecule has 1 aromatic rings. The summed E-state index contributed by atoms with van der Waals surface area (Å²) in [5.41, 5.74) is 3.23. The number of hydrogen-bond donors (Lipinski definition) is 0.